The Kier molecular flexibility index (Phi) is 44.1. The van der Waals surface area contributed by atoms with Crippen LogP contribution in [0.4, 0.5) is 0 Å². The van der Waals surface area contributed by atoms with E-state index in [0.29, 0.717) is 17.4 Å². The van der Waals surface area contributed by atoms with Crippen LogP contribution in [0.5, 0.6) is 0 Å². The molecule has 0 aliphatic heterocycles. The molecule has 0 fully saturated rings. The number of likely N-dealkylation sites (N-methyl/N-ethyl adjacent to an activating group) is 1. The highest BCUT2D eigenvalue weighted by Crippen LogP contribution is 2.38. The fraction of sp³-hybridized carbons (Fsp3) is 0.796. The van der Waals surface area contributed by atoms with Crippen molar-refractivity contribution >= 4 is 13.7 Å². The minimum absolute atomic E-state index is 0.0115. The maximum Gasteiger partial charge on any atom is 0.268 e. The minimum atomic E-state index is -4.61. The van der Waals surface area contributed by atoms with Crippen molar-refractivity contribution in [3.8, 4) is 0 Å². The van der Waals surface area contributed by atoms with Crippen molar-refractivity contribution < 1.29 is 32.9 Å². The van der Waals surface area contributed by atoms with Crippen LogP contribution in [0.2, 0.25) is 0 Å². The lowest BCUT2D eigenvalue weighted by Crippen LogP contribution is -2.45. The van der Waals surface area contributed by atoms with E-state index < -0.39 is 26.6 Å². The number of quaternary nitrogens is 1. The van der Waals surface area contributed by atoms with Crippen LogP contribution in [-0.4, -0.2) is 68.5 Å². The molecule has 0 aromatic heterocycles. The van der Waals surface area contributed by atoms with Gasteiger partial charge in [0.2, 0.25) is 5.91 Å². The molecule has 0 aromatic carbocycles. The van der Waals surface area contributed by atoms with Gasteiger partial charge >= 0.3 is 0 Å². The normalized spacial score (nSPS) is 14.6. The molecule has 8 nitrogen and oxygen atoms in total. The molecule has 9 heteroatoms. The average Bonchev–Trinajstić information content (AvgIpc) is 3.24. The minimum Gasteiger partial charge on any atom is -0.756 e. The number of amides is 1. The number of unbranched alkanes of at least 4 members (excludes halogenated alkanes) is 27. The van der Waals surface area contributed by atoms with Crippen molar-refractivity contribution in [2.24, 2.45) is 0 Å². The number of nitrogens with zero attached hydrogens (tertiary/aromatic N) is 1. The summed E-state index contributed by atoms with van der Waals surface area (Å²) in [5, 5.41) is 13.8. The second-order valence-electron chi connectivity index (χ2n) is 18.9. The van der Waals surface area contributed by atoms with Gasteiger partial charge in [0.15, 0.2) is 0 Å². The van der Waals surface area contributed by atoms with Crippen LogP contribution < -0.4 is 10.2 Å². The van der Waals surface area contributed by atoms with Gasteiger partial charge < -0.3 is 28.8 Å². The number of allylic oxidation sites excluding steroid dienone is 9. The number of hydrogen-bond donors (Lipinski definition) is 2. The third-order valence-electron chi connectivity index (χ3n) is 11.5. The van der Waals surface area contributed by atoms with Gasteiger partial charge in [-0.05, 0) is 70.6 Å². The Morgan fingerprint density at radius 2 is 0.937 bits per heavy atom. The molecule has 63 heavy (non-hydrogen) atoms. The third kappa shape index (κ3) is 48.0. The number of aliphatic hydroxyl groups excluding tert-OH is 1. The first-order valence-electron chi connectivity index (χ1n) is 26.2. The monoisotopic (exact) mass is 905 g/mol. The number of phosphoric ester groups is 1. The second kappa shape index (κ2) is 45.4. The summed E-state index contributed by atoms with van der Waals surface area (Å²) in [5.41, 5.74) is 0. The molecule has 0 spiro atoms. The highest BCUT2D eigenvalue weighted by atomic mass is 31.2. The van der Waals surface area contributed by atoms with Crippen LogP contribution in [-0.2, 0) is 18.4 Å². The van der Waals surface area contributed by atoms with E-state index in [9.17, 15) is 19.4 Å². The highest BCUT2D eigenvalue weighted by Gasteiger charge is 2.23. The first-order valence-corrected chi connectivity index (χ1v) is 27.6. The lowest BCUT2D eigenvalue weighted by atomic mass is 10.0. The summed E-state index contributed by atoms with van der Waals surface area (Å²) in [4.78, 5) is 25.4. The number of phosphoric acid groups is 1. The molecule has 368 valence electrons. The molecule has 0 saturated heterocycles. The Hall–Kier alpha value is -1.80. The van der Waals surface area contributed by atoms with Crippen molar-refractivity contribution in [2.45, 2.75) is 238 Å². The van der Waals surface area contributed by atoms with Gasteiger partial charge in [-0.25, -0.2) is 0 Å². The largest absolute Gasteiger partial charge is 0.756 e. The van der Waals surface area contributed by atoms with Crippen LogP contribution >= 0.6 is 7.82 Å². The van der Waals surface area contributed by atoms with E-state index in [2.05, 4.69) is 67.8 Å². The number of rotatable bonds is 47. The van der Waals surface area contributed by atoms with E-state index in [1.807, 2.05) is 27.2 Å². The van der Waals surface area contributed by atoms with Gasteiger partial charge in [-0.1, -0.05) is 209 Å². The van der Waals surface area contributed by atoms with Crippen molar-refractivity contribution in [1.29, 1.82) is 0 Å². The molecule has 0 aliphatic rings. The molecule has 0 aromatic rings. The number of nitrogens with one attached hydrogen (secondary N) is 1. The van der Waals surface area contributed by atoms with E-state index in [-0.39, 0.29) is 12.5 Å². The van der Waals surface area contributed by atoms with Gasteiger partial charge in [0.25, 0.3) is 7.82 Å². The quantitative estimate of drug-likeness (QED) is 0.0207. The van der Waals surface area contributed by atoms with Crippen molar-refractivity contribution in [3.63, 3.8) is 0 Å². The van der Waals surface area contributed by atoms with Crippen LogP contribution in [0.3, 0.4) is 0 Å². The molecule has 0 rings (SSSR count). The Morgan fingerprint density at radius 3 is 1.41 bits per heavy atom. The molecule has 0 bridgehead atoms. The molecule has 0 heterocycles. The third-order valence-corrected chi connectivity index (χ3v) is 12.4. The smallest absolute Gasteiger partial charge is 0.268 e. The van der Waals surface area contributed by atoms with Crippen molar-refractivity contribution in [3.05, 3.63) is 60.8 Å². The summed E-state index contributed by atoms with van der Waals surface area (Å²) >= 11 is 0. The number of carbonyl (C=O) groups excluding carboxylic acids is 1. The van der Waals surface area contributed by atoms with Crippen molar-refractivity contribution in [1.82, 2.24) is 5.32 Å². The van der Waals surface area contributed by atoms with Crippen LogP contribution in [0.1, 0.15) is 226 Å². The van der Waals surface area contributed by atoms with Gasteiger partial charge in [-0.15, -0.1) is 0 Å². The van der Waals surface area contributed by atoms with Crippen molar-refractivity contribution in [2.75, 3.05) is 40.9 Å². The Morgan fingerprint density at radius 1 is 0.556 bits per heavy atom. The average molecular weight is 905 g/mol. The van der Waals surface area contributed by atoms with Gasteiger partial charge in [-0.2, -0.15) is 0 Å². The molecule has 3 atom stereocenters. The number of aliphatic hydroxyl groups is 1. The fourth-order valence-corrected chi connectivity index (χ4v) is 8.02. The zero-order valence-corrected chi connectivity index (χ0v) is 42.7. The molecular formula is C54H101N2O6P. The van der Waals surface area contributed by atoms with Crippen LogP contribution in [0.15, 0.2) is 60.8 Å². The zero-order valence-electron chi connectivity index (χ0n) is 41.8. The fourth-order valence-electron chi connectivity index (χ4n) is 7.29. The summed E-state index contributed by atoms with van der Waals surface area (Å²) in [7, 11) is 1.23. The molecule has 1 amide bonds. The highest BCUT2D eigenvalue weighted by molar-refractivity contribution is 7.45. The predicted octanol–water partition coefficient (Wildman–Crippen LogP) is 14.7. The summed E-state index contributed by atoms with van der Waals surface area (Å²) in [6.45, 7) is 4.60. The lowest BCUT2D eigenvalue weighted by Gasteiger charge is -2.29. The zero-order chi connectivity index (χ0) is 46.4. The van der Waals surface area contributed by atoms with Gasteiger partial charge in [0, 0.05) is 6.42 Å². The van der Waals surface area contributed by atoms with Gasteiger partial charge in [-0.3, -0.25) is 9.36 Å². The second-order valence-corrected chi connectivity index (χ2v) is 20.3. The Labute approximate surface area is 390 Å². The predicted molar refractivity (Wildman–Crippen MR) is 270 cm³/mol. The van der Waals surface area contributed by atoms with E-state index in [1.54, 1.807) is 6.08 Å². The summed E-state index contributed by atoms with van der Waals surface area (Å²) in [6, 6.07) is -0.913. The lowest BCUT2D eigenvalue weighted by molar-refractivity contribution is -0.870. The van der Waals surface area contributed by atoms with Gasteiger partial charge in [0.1, 0.15) is 13.2 Å². The van der Waals surface area contributed by atoms with E-state index >= 15 is 0 Å². The maximum atomic E-state index is 12.9. The molecule has 0 aliphatic carbocycles. The Bertz CT molecular complexity index is 1210. The van der Waals surface area contributed by atoms with Crippen LogP contribution in [0, 0.1) is 0 Å². The maximum absolute atomic E-state index is 12.9. The molecule has 2 N–H and O–H groups in total. The van der Waals surface area contributed by atoms with Gasteiger partial charge in [0.05, 0.1) is 39.9 Å². The molecule has 3 unspecified atom stereocenters. The molecule has 0 radical (unpaired) electrons. The topological polar surface area (TPSA) is 108 Å². The number of hydrogen-bond acceptors (Lipinski definition) is 6. The standard InChI is InChI=1S/C54H101N2O6P/c1-6-8-10-12-14-16-18-20-22-24-26-27-28-30-31-33-35-37-39-41-43-45-47-53(57)52(51-62-63(59,60)61-50-49-56(3,4)5)55-54(58)48-46-44-42-40-38-36-34-32-29-25-23-21-19-17-15-13-11-9-7-2/h15,17,19,21,30-31,37,39,45,47,52-53,57H,6-14,16,18,20,22-29,32-36,38,40-44,46,48-51H2,1-5H3,(H-,55,58,59,60)/b17-15-,21-19-,31-30+,39-37+,47-45+. The molecular weight excluding hydrogens is 804 g/mol. The van der Waals surface area contributed by atoms with E-state index in [4.69, 9.17) is 9.05 Å². The first-order chi connectivity index (χ1) is 30.5. The molecule has 0 saturated carbocycles. The van der Waals surface area contributed by atoms with Crippen LogP contribution in [0.25, 0.3) is 0 Å². The number of carbonyl (C=O) groups is 1. The summed E-state index contributed by atoms with van der Waals surface area (Å²) in [5.74, 6) is -0.216. The SMILES string of the molecule is CCCCC/C=C\C=C/CCCCCCCCCCCCC(=O)NC(COP(=O)([O-])OCC[N+](C)(C)C)C(O)/C=C/CC/C=C/CC/C=C/CCCCCCCCCCCCCC. The summed E-state index contributed by atoms with van der Waals surface area (Å²) in [6.07, 6.45) is 59.9. The van der Waals surface area contributed by atoms with E-state index in [0.717, 1.165) is 51.4 Å². The Balaban J connectivity index is 4.39. The first kappa shape index (κ1) is 61.2. The summed E-state index contributed by atoms with van der Waals surface area (Å²) < 4.78 is 23.3. The van der Waals surface area contributed by atoms with E-state index in [1.165, 1.54) is 154 Å².